The number of fused-ring (bicyclic) bond motifs is 1. The number of hydrogen-bond acceptors (Lipinski definition) is 14. The summed E-state index contributed by atoms with van der Waals surface area (Å²) in [6, 6.07) is 16.1. The fourth-order valence-electron chi connectivity index (χ4n) is 6.03. The molecule has 51 heavy (non-hydrogen) atoms. The van der Waals surface area contributed by atoms with Crippen LogP contribution in [-0.2, 0) is 40.0 Å². The Bertz CT molecular complexity index is 2040. The minimum absolute atomic E-state index is 0.0368. The Labute approximate surface area is 295 Å². The third kappa shape index (κ3) is 8.33. The Balaban J connectivity index is 1.21. The first-order chi connectivity index (χ1) is 24.0. The van der Waals surface area contributed by atoms with E-state index < -0.39 is 47.2 Å². The van der Waals surface area contributed by atoms with Gasteiger partial charge in [-0.25, -0.2) is 18.0 Å². The number of hydrogen-bond donors (Lipinski definition) is 4. The maximum Gasteiger partial charge on any atom is 0.459 e. The molecule has 2 aliphatic rings. The summed E-state index contributed by atoms with van der Waals surface area (Å²) in [6.07, 6.45) is 1.93. The maximum absolute atomic E-state index is 14.5. The monoisotopic (exact) mass is 744 g/mol. The van der Waals surface area contributed by atoms with Gasteiger partial charge in [-0.1, -0.05) is 48.0 Å². The summed E-state index contributed by atoms with van der Waals surface area (Å²) in [5.74, 6) is -0.411. The van der Waals surface area contributed by atoms with Crippen LogP contribution in [0.5, 0.6) is 5.75 Å². The number of sulfonamides is 1. The van der Waals surface area contributed by atoms with Crippen molar-refractivity contribution in [1.29, 1.82) is 0 Å². The molecule has 1 saturated heterocycles. The van der Waals surface area contributed by atoms with Crippen LogP contribution in [0.25, 0.3) is 11.2 Å². The standard InChI is InChI=1S/C32H41N8O9PS/c1-21-11-13-23(14-12-21)49-50(43,37-32(15-8-16-32)29(41)46-18-22-9-6-5-7-10-22)47-19-24-17-31(2,42)28(48-24)40-20-34-25-26(35-30(33)36-27(25)40)39(3)38-51(4,44)45/h5-7,9-14,20,24,28,38,42H,8,15-19H2,1-4H3,(H,37,43)(H2,33,35,36)/t24?,28?,31-,50?/m1/s1. The molecule has 3 heterocycles. The molecule has 1 saturated carbocycles. The summed E-state index contributed by atoms with van der Waals surface area (Å²) in [4.78, 5) is 28.5. The molecular formula is C32H41N8O9PS. The molecule has 0 radical (unpaired) electrons. The molecule has 1 aliphatic carbocycles. The zero-order valence-corrected chi connectivity index (χ0v) is 30.3. The van der Waals surface area contributed by atoms with Crippen LogP contribution in [0.2, 0.25) is 0 Å². The van der Waals surface area contributed by atoms with Gasteiger partial charge in [-0.2, -0.15) is 15.1 Å². The number of anilines is 2. The van der Waals surface area contributed by atoms with Gasteiger partial charge in [-0.3, -0.25) is 18.9 Å². The van der Waals surface area contributed by atoms with Gasteiger partial charge in [0, 0.05) is 13.5 Å². The molecule has 3 unspecified atom stereocenters. The molecule has 4 atom stereocenters. The lowest BCUT2D eigenvalue weighted by molar-refractivity contribution is -0.156. The number of imidazole rings is 1. The molecule has 2 fully saturated rings. The molecule has 1 aliphatic heterocycles. The minimum Gasteiger partial charge on any atom is -0.459 e. The van der Waals surface area contributed by atoms with E-state index in [4.69, 9.17) is 24.3 Å². The number of nitrogens with one attached hydrogen (secondary N) is 2. The third-order valence-corrected chi connectivity index (χ3v) is 10.9. The van der Waals surface area contributed by atoms with Crippen molar-refractivity contribution in [2.45, 2.75) is 69.6 Å². The molecule has 2 aromatic carbocycles. The third-order valence-electron chi connectivity index (χ3n) is 8.63. The normalized spacial score (nSPS) is 22.6. The molecule has 19 heteroatoms. The van der Waals surface area contributed by atoms with Gasteiger partial charge in [0.2, 0.25) is 16.0 Å². The van der Waals surface area contributed by atoms with Crippen molar-refractivity contribution in [3.05, 3.63) is 72.1 Å². The van der Waals surface area contributed by atoms with Crippen molar-refractivity contribution in [3.63, 3.8) is 0 Å². The smallest absolute Gasteiger partial charge is 0.459 e. The van der Waals surface area contributed by atoms with Gasteiger partial charge in [-0.05, 0) is 50.8 Å². The van der Waals surface area contributed by atoms with Crippen LogP contribution in [0.1, 0.15) is 50.0 Å². The van der Waals surface area contributed by atoms with Gasteiger partial charge in [-0.15, -0.1) is 4.83 Å². The summed E-state index contributed by atoms with van der Waals surface area (Å²) < 4.78 is 63.5. The lowest BCUT2D eigenvalue weighted by atomic mass is 9.78. The highest BCUT2D eigenvalue weighted by Gasteiger charge is 2.52. The predicted molar refractivity (Wildman–Crippen MR) is 187 cm³/mol. The number of nitrogens with two attached hydrogens (primary N) is 1. The summed E-state index contributed by atoms with van der Waals surface area (Å²) in [5, 5.41) is 15.6. The number of aromatic nitrogens is 4. The van der Waals surface area contributed by atoms with E-state index in [0.29, 0.717) is 19.3 Å². The topological polar surface area (TPSA) is 222 Å². The Morgan fingerprint density at radius 2 is 1.88 bits per heavy atom. The number of nitrogens with zero attached hydrogens (tertiary/aromatic N) is 5. The number of aliphatic hydroxyl groups is 1. The summed E-state index contributed by atoms with van der Waals surface area (Å²) in [5.41, 5.74) is 5.29. The molecule has 2 aromatic heterocycles. The zero-order valence-electron chi connectivity index (χ0n) is 28.6. The van der Waals surface area contributed by atoms with Gasteiger partial charge in [0.05, 0.1) is 25.3 Å². The molecular weight excluding hydrogens is 703 g/mol. The van der Waals surface area contributed by atoms with Crippen molar-refractivity contribution in [2.75, 3.05) is 30.7 Å². The number of hydrazine groups is 1. The SMILES string of the molecule is Cc1ccc(OP(=O)(NC2(C(=O)OCc3ccccc3)CCC2)OCC2C[C@@](C)(O)C(n3cnc4c(N(C)NS(C)(=O)=O)nc(N)nc43)O2)cc1. The highest BCUT2D eigenvalue weighted by Crippen LogP contribution is 2.51. The van der Waals surface area contributed by atoms with E-state index >= 15 is 0 Å². The van der Waals surface area contributed by atoms with Crippen LogP contribution < -0.4 is 25.2 Å². The zero-order chi connectivity index (χ0) is 36.6. The van der Waals surface area contributed by atoms with Crippen LogP contribution in [-0.4, -0.2) is 76.2 Å². The van der Waals surface area contributed by atoms with Crippen LogP contribution in [0.15, 0.2) is 60.9 Å². The first kappa shape index (κ1) is 36.6. The first-order valence-corrected chi connectivity index (χ1v) is 19.6. The van der Waals surface area contributed by atoms with Gasteiger partial charge < -0.3 is 24.8 Å². The Morgan fingerprint density at radius 1 is 1.18 bits per heavy atom. The number of benzene rings is 2. The molecule has 6 rings (SSSR count). The summed E-state index contributed by atoms with van der Waals surface area (Å²) in [6.45, 7) is 3.21. The summed E-state index contributed by atoms with van der Waals surface area (Å²) in [7, 11) is -6.51. The average Bonchev–Trinajstić information content (AvgIpc) is 3.60. The maximum atomic E-state index is 14.5. The molecule has 0 amide bonds. The molecule has 17 nitrogen and oxygen atoms in total. The number of esters is 1. The van der Waals surface area contributed by atoms with Crippen LogP contribution >= 0.6 is 7.75 Å². The Hall–Kier alpha value is -4.16. The predicted octanol–water partition coefficient (Wildman–Crippen LogP) is 3.12. The van der Waals surface area contributed by atoms with E-state index in [-0.39, 0.29) is 48.3 Å². The van der Waals surface area contributed by atoms with Crippen molar-refractivity contribution in [3.8, 4) is 5.75 Å². The molecule has 274 valence electrons. The molecule has 0 bridgehead atoms. The fourth-order valence-corrected chi connectivity index (χ4v) is 8.38. The van der Waals surface area contributed by atoms with Crippen molar-refractivity contribution < 1.29 is 41.4 Å². The van der Waals surface area contributed by atoms with Crippen LogP contribution in [0.3, 0.4) is 0 Å². The number of carbonyl (C=O) groups is 1. The van der Waals surface area contributed by atoms with Gasteiger partial charge in [0.15, 0.2) is 23.2 Å². The van der Waals surface area contributed by atoms with Crippen LogP contribution in [0, 0.1) is 6.92 Å². The summed E-state index contributed by atoms with van der Waals surface area (Å²) >= 11 is 0. The van der Waals surface area contributed by atoms with Crippen molar-refractivity contribution in [2.24, 2.45) is 0 Å². The number of aryl methyl sites for hydroxylation is 1. The number of nitrogen functional groups attached to an aromatic ring is 1. The first-order valence-electron chi connectivity index (χ1n) is 16.2. The molecule has 5 N–H and O–H groups in total. The second-order valence-corrected chi connectivity index (χ2v) is 16.5. The number of carbonyl (C=O) groups excluding carboxylic acids is 1. The number of rotatable bonds is 14. The van der Waals surface area contributed by atoms with E-state index in [0.717, 1.165) is 22.4 Å². The van der Waals surface area contributed by atoms with Gasteiger partial charge >= 0.3 is 13.7 Å². The van der Waals surface area contributed by atoms with Gasteiger partial charge in [0.1, 0.15) is 23.5 Å². The average molecular weight is 745 g/mol. The molecule has 4 aromatic rings. The largest absolute Gasteiger partial charge is 0.459 e. The van der Waals surface area contributed by atoms with E-state index in [1.165, 1.54) is 17.9 Å². The van der Waals surface area contributed by atoms with E-state index in [1.807, 2.05) is 37.3 Å². The minimum atomic E-state index is -4.28. The Kier molecular flexibility index (Phi) is 10.1. The van der Waals surface area contributed by atoms with E-state index in [1.54, 1.807) is 31.2 Å². The second kappa shape index (κ2) is 14.1. The van der Waals surface area contributed by atoms with Crippen molar-refractivity contribution in [1.82, 2.24) is 29.4 Å². The van der Waals surface area contributed by atoms with E-state index in [2.05, 4.69) is 24.9 Å². The number of ether oxygens (including phenoxy) is 2. The van der Waals surface area contributed by atoms with Crippen LogP contribution in [0.4, 0.5) is 11.8 Å². The lowest BCUT2D eigenvalue weighted by Gasteiger charge is -2.41. The Morgan fingerprint density at radius 3 is 2.53 bits per heavy atom. The second-order valence-electron chi connectivity index (χ2n) is 13.1. The highest BCUT2D eigenvalue weighted by molar-refractivity contribution is 7.88. The fraction of sp³-hybridized carbons (Fsp3) is 0.438. The quantitative estimate of drug-likeness (QED) is 0.0828. The molecule has 0 spiro atoms. The highest BCUT2D eigenvalue weighted by atomic mass is 32.2. The van der Waals surface area contributed by atoms with Crippen molar-refractivity contribution >= 4 is 46.7 Å². The van der Waals surface area contributed by atoms with Gasteiger partial charge in [0.25, 0.3) is 0 Å². The lowest BCUT2D eigenvalue weighted by Crippen LogP contribution is -2.57. The van der Waals surface area contributed by atoms with E-state index in [9.17, 15) is 22.9 Å².